The average molecular weight is 534 g/mol. The summed E-state index contributed by atoms with van der Waals surface area (Å²) in [5, 5.41) is 11.5. The van der Waals surface area contributed by atoms with Gasteiger partial charge in [0.1, 0.15) is 6.29 Å². The minimum atomic E-state index is -4.53. The zero-order valence-corrected chi connectivity index (χ0v) is 21.7. The molecule has 0 aliphatic heterocycles. The molecule has 2 aromatic carbocycles. The highest BCUT2D eigenvalue weighted by molar-refractivity contribution is 6.10. The summed E-state index contributed by atoms with van der Waals surface area (Å²) >= 11 is 0. The zero-order chi connectivity index (χ0) is 28.5. The van der Waals surface area contributed by atoms with Crippen LogP contribution in [0, 0.1) is 19.3 Å². The SMILES string of the molecule is Cc1ccc(N[C@H](C)c2cc(C)cc3c(=O)n(C)c(-c4cnc(/C(C=N)=C/C=O)nc4)cc23)c(C(F)(F)F)c1. The molecular weight excluding hydrogens is 507 g/mol. The van der Waals surface area contributed by atoms with Gasteiger partial charge in [-0.15, -0.1) is 0 Å². The van der Waals surface area contributed by atoms with Crippen LogP contribution >= 0.6 is 0 Å². The number of fused-ring (bicyclic) bond motifs is 1. The van der Waals surface area contributed by atoms with Crippen molar-refractivity contribution in [3.63, 3.8) is 0 Å². The lowest BCUT2D eigenvalue weighted by molar-refractivity contribution is -0.137. The Morgan fingerprint density at radius 3 is 2.36 bits per heavy atom. The summed E-state index contributed by atoms with van der Waals surface area (Å²) in [7, 11) is 1.62. The molecule has 0 radical (unpaired) electrons. The first kappa shape index (κ1) is 27.4. The molecule has 0 bridgehead atoms. The van der Waals surface area contributed by atoms with E-state index in [0.717, 1.165) is 17.8 Å². The number of rotatable bonds is 7. The Kier molecular flexibility index (Phi) is 7.49. The van der Waals surface area contributed by atoms with Gasteiger partial charge in [-0.1, -0.05) is 17.7 Å². The number of nitrogens with one attached hydrogen (secondary N) is 2. The number of aldehydes is 1. The molecule has 200 valence electrons. The van der Waals surface area contributed by atoms with Crippen molar-refractivity contribution in [3.05, 3.63) is 93.3 Å². The quantitative estimate of drug-likeness (QED) is 0.172. The van der Waals surface area contributed by atoms with Crippen molar-refractivity contribution < 1.29 is 18.0 Å². The van der Waals surface area contributed by atoms with Gasteiger partial charge in [0, 0.05) is 53.9 Å². The molecule has 0 aliphatic rings. The van der Waals surface area contributed by atoms with Gasteiger partial charge in [0.2, 0.25) is 0 Å². The third kappa shape index (κ3) is 5.50. The van der Waals surface area contributed by atoms with Crippen molar-refractivity contribution in [3.8, 4) is 11.3 Å². The molecule has 1 atom stereocenters. The van der Waals surface area contributed by atoms with Gasteiger partial charge in [-0.05, 0) is 67.6 Å². The molecule has 7 nitrogen and oxygen atoms in total. The van der Waals surface area contributed by atoms with E-state index in [1.807, 2.05) is 13.0 Å². The minimum absolute atomic E-state index is 0.0475. The van der Waals surface area contributed by atoms with E-state index in [0.29, 0.717) is 39.4 Å². The predicted molar refractivity (Wildman–Crippen MR) is 146 cm³/mol. The average Bonchev–Trinajstić information content (AvgIpc) is 2.89. The summed E-state index contributed by atoms with van der Waals surface area (Å²) in [5.74, 6) is 0.180. The fourth-order valence-corrected chi connectivity index (χ4v) is 4.52. The molecule has 2 aromatic heterocycles. The van der Waals surface area contributed by atoms with E-state index in [9.17, 15) is 22.8 Å². The largest absolute Gasteiger partial charge is 0.418 e. The molecule has 4 aromatic rings. The molecule has 0 unspecified atom stereocenters. The van der Waals surface area contributed by atoms with Crippen molar-refractivity contribution in [1.29, 1.82) is 5.41 Å². The summed E-state index contributed by atoms with van der Waals surface area (Å²) < 4.78 is 42.7. The number of carbonyl (C=O) groups is 1. The molecular formula is C29H26F3N5O2. The molecule has 39 heavy (non-hydrogen) atoms. The zero-order valence-electron chi connectivity index (χ0n) is 21.7. The Bertz CT molecular complexity index is 1670. The van der Waals surface area contributed by atoms with Gasteiger partial charge in [-0.25, -0.2) is 9.97 Å². The first-order valence-corrected chi connectivity index (χ1v) is 12.0. The van der Waals surface area contributed by atoms with E-state index in [-0.39, 0.29) is 22.6 Å². The number of aromatic nitrogens is 3. The van der Waals surface area contributed by atoms with Gasteiger partial charge >= 0.3 is 6.18 Å². The topological polar surface area (TPSA) is 101 Å². The number of alkyl halides is 3. The van der Waals surface area contributed by atoms with Gasteiger partial charge in [0.25, 0.3) is 5.56 Å². The Balaban J connectivity index is 1.84. The highest BCUT2D eigenvalue weighted by Gasteiger charge is 2.34. The van der Waals surface area contributed by atoms with Gasteiger partial charge in [0.15, 0.2) is 5.82 Å². The fraction of sp³-hybridized carbons (Fsp3) is 0.207. The maximum Gasteiger partial charge on any atom is 0.418 e. The van der Waals surface area contributed by atoms with Crippen LogP contribution in [0.15, 0.2) is 59.7 Å². The summed E-state index contributed by atoms with van der Waals surface area (Å²) in [5.41, 5.74) is 2.12. The van der Waals surface area contributed by atoms with Crippen LogP contribution in [-0.2, 0) is 18.0 Å². The third-order valence-corrected chi connectivity index (χ3v) is 6.46. The summed E-state index contributed by atoms with van der Waals surface area (Å²) in [6.07, 6.45) is 1.13. The first-order chi connectivity index (χ1) is 18.4. The second-order valence-corrected chi connectivity index (χ2v) is 9.32. The Labute approximate surface area is 222 Å². The number of carbonyl (C=O) groups excluding carboxylic acids is 1. The maximum absolute atomic E-state index is 13.8. The normalized spacial score (nSPS) is 12.8. The fourth-order valence-electron chi connectivity index (χ4n) is 4.52. The lowest BCUT2D eigenvalue weighted by atomic mass is 9.96. The van der Waals surface area contributed by atoms with Crippen LogP contribution in [0.25, 0.3) is 27.6 Å². The van der Waals surface area contributed by atoms with E-state index in [2.05, 4.69) is 15.3 Å². The van der Waals surface area contributed by atoms with Crippen LogP contribution < -0.4 is 10.9 Å². The highest BCUT2D eigenvalue weighted by atomic mass is 19.4. The van der Waals surface area contributed by atoms with Crippen LogP contribution in [0.1, 0.15) is 41.0 Å². The van der Waals surface area contributed by atoms with Crippen molar-refractivity contribution in [2.24, 2.45) is 7.05 Å². The highest BCUT2D eigenvalue weighted by Crippen LogP contribution is 2.38. The van der Waals surface area contributed by atoms with E-state index >= 15 is 0 Å². The maximum atomic E-state index is 13.8. The van der Waals surface area contributed by atoms with Crippen LogP contribution in [0.2, 0.25) is 0 Å². The molecule has 0 saturated carbocycles. The third-order valence-electron chi connectivity index (χ3n) is 6.46. The Morgan fingerprint density at radius 1 is 1.05 bits per heavy atom. The number of pyridine rings is 1. The molecule has 0 spiro atoms. The summed E-state index contributed by atoms with van der Waals surface area (Å²) in [6, 6.07) is 8.96. The van der Waals surface area contributed by atoms with Gasteiger partial charge in [-0.3, -0.25) is 9.59 Å². The number of nitrogens with zero attached hydrogens (tertiary/aromatic N) is 3. The van der Waals surface area contributed by atoms with Crippen LogP contribution in [0.3, 0.4) is 0 Å². The number of hydrogen-bond acceptors (Lipinski definition) is 6. The lowest BCUT2D eigenvalue weighted by Gasteiger charge is -2.22. The molecule has 4 rings (SSSR count). The van der Waals surface area contributed by atoms with Gasteiger partial charge < -0.3 is 15.3 Å². The number of halogens is 3. The number of allylic oxidation sites excluding steroid dienone is 2. The number of hydrogen-bond donors (Lipinski definition) is 2. The second-order valence-electron chi connectivity index (χ2n) is 9.32. The van der Waals surface area contributed by atoms with Crippen molar-refractivity contribution in [2.45, 2.75) is 33.0 Å². The minimum Gasteiger partial charge on any atom is -0.378 e. The predicted octanol–water partition coefficient (Wildman–Crippen LogP) is 6.04. The number of benzene rings is 2. The van der Waals surface area contributed by atoms with E-state index in [1.165, 1.54) is 29.1 Å². The first-order valence-electron chi connectivity index (χ1n) is 12.0. The second kappa shape index (κ2) is 10.6. The number of aryl methyl sites for hydroxylation is 2. The number of anilines is 1. The van der Waals surface area contributed by atoms with Crippen molar-refractivity contribution in [1.82, 2.24) is 14.5 Å². The van der Waals surface area contributed by atoms with Crippen LogP contribution in [0.5, 0.6) is 0 Å². The van der Waals surface area contributed by atoms with Crippen molar-refractivity contribution >= 4 is 34.5 Å². The summed E-state index contributed by atoms with van der Waals surface area (Å²) in [4.78, 5) is 32.7. The van der Waals surface area contributed by atoms with E-state index in [1.54, 1.807) is 39.1 Å². The molecule has 2 N–H and O–H groups in total. The van der Waals surface area contributed by atoms with Crippen LogP contribution in [-0.4, -0.2) is 27.0 Å². The van der Waals surface area contributed by atoms with Crippen LogP contribution in [0.4, 0.5) is 18.9 Å². The molecule has 0 amide bonds. The molecule has 10 heteroatoms. The van der Waals surface area contributed by atoms with E-state index < -0.39 is 17.8 Å². The van der Waals surface area contributed by atoms with Gasteiger partial charge in [-0.2, -0.15) is 13.2 Å². The Morgan fingerprint density at radius 2 is 1.74 bits per heavy atom. The monoisotopic (exact) mass is 533 g/mol. The Hall–Kier alpha value is -4.60. The van der Waals surface area contributed by atoms with E-state index in [4.69, 9.17) is 5.41 Å². The molecule has 0 saturated heterocycles. The molecule has 0 fully saturated rings. The van der Waals surface area contributed by atoms with Crippen molar-refractivity contribution in [2.75, 3.05) is 5.32 Å². The molecule has 2 heterocycles. The lowest BCUT2D eigenvalue weighted by Crippen LogP contribution is -2.20. The molecule has 0 aliphatic carbocycles. The summed E-state index contributed by atoms with van der Waals surface area (Å²) in [6.45, 7) is 5.19. The smallest absolute Gasteiger partial charge is 0.378 e. The van der Waals surface area contributed by atoms with Gasteiger partial charge in [0.05, 0.1) is 11.3 Å². The standard InChI is InChI=1S/C29H26F3N5O2/c1-16-5-6-25(24(11-16)29(30,31)32)36-18(3)21-9-17(2)10-23-22(21)12-26(37(4)28(23)39)20-14-34-27(35-15-20)19(13-33)7-8-38/h5-15,18,33,36H,1-4H3/b19-7+,33-13?/t18-/m1/s1.